The Hall–Kier alpha value is -2.38. The van der Waals surface area contributed by atoms with Crippen molar-refractivity contribution in [2.75, 3.05) is 19.7 Å². The molecule has 0 spiro atoms. The van der Waals surface area contributed by atoms with Gasteiger partial charge in [0, 0.05) is 37.6 Å². The zero-order chi connectivity index (χ0) is 21.0. The van der Waals surface area contributed by atoms with Crippen LogP contribution in [0.4, 0.5) is 0 Å². The first kappa shape index (κ1) is 21.3. The molecular weight excluding hydrogens is 370 g/mol. The van der Waals surface area contributed by atoms with E-state index >= 15 is 0 Å². The number of carbonyl (C=O) groups is 1. The molecule has 7 nitrogen and oxygen atoms in total. The number of benzene rings is 1. The van der Waals surface area contributed by atoms with Crippen molar-refractivity contribution in [3.8, 4) is 5.75 Å². The average Bonchev–Trinajstić information content (AvgIpc) is 3.12. The molecule has 1 aromatic carbocycles. The van der Waals surface area contributed by atoms with Crippen LogP contribution in [0.2, 0.25) is 0 Å². The minimum absolute atomic E-state index is 0.0218. The van der Waals surface area contributed by atoms with E-state index in [9.17, 15) is 9.90 Å². The van der Waals surface area contributed by atoms with Gasteiger partial charge in [-0.05, 0) is 29.9 Å². The molecule has 2 heterocycles. The van der Waals surface area contributed by atoms with Crippen LogP contribution in [0, 0.1) is 0 Å². The van der Waals surface area contributed by atoms with Crippen molar-refractivity contribution in [1.82, 2.24) is 14.5 Å². The third kappa shape index (κ3) is 5.58. The highest BCUT2D eigenvalue weighted by Crippen LogP contribution is 2.31. The molecule has 2 aromatic rings. The normalized spacial score (nSPS) is 21.0. The first-order valence-corrected chi connectivity index (χ1v) is 10.1. The highest BCUT2D eigenvalue weighted by atomic mass is 16.5. The molecule has 2 N–H and O–H groups in total. The van der Waals surface area contributed by atoms with E-state index in [4.69, 9.17) is 9.84 Å². The fourth-order valence-electron chi connectivity index (χ4n) is 3.76. The number of aliphatic carboxylic acids is 1. The van der Waals surface area contributed by atoms with E-state index in [1.807, 2.05) is 22.9 Å². The molecule has 158 valence electrons. The number of hydrogen-bond donors (Lipinski definition) is 2. The predicted octanol–water partition coefficient (Wildman–Crippen LogP) is 2.84. The molecule has 3 rings (SSSR count). The lowest BCUT2D eigenvalue weighted by Gasteiger charge is -2.24. The van der Waals surface area contributed by atoms with Gasteiger partial charge in [0.15, 0.2) is 6.61 Å². The Morgan fingerprint density at radius 2 is 2.03 bits per heavy atom. The minimum atomic E-state index is -0.988. The predicted molar refractivity (Wildman–Crippen MR) is 110 cm³/mol. The topological polar surface area (TPSA) is 87.8 Å². The Bertz CT molecular complexity index is 814. The van der Waals surface area contributed by atoms with E-state index < -0.39 is 12.1 Å². The molecule has 29 heavy (non-hydrogen) atoms. The monoisotopic (exact) mass is 401 g/mol. The van der Waals surface area contributed by atoms with Gasteiger partial charge in [0.2, 0.25) is 0 Å². The number of imidazole rings is 1. The Balaban J connectivity index is 1.75. The quantitative estimate of drug-likeness (QED) is 0.774. The maximum atomic E-state index is 11.0. The first-order valence-electron chi connectivity index (χ1n) is 10.1. The first-order chi connectivity index (χ1) is 13.7. The summed E-state index contributed by atoms with van der Waals surface area (Å²) in [6.45, 7) is 8.26. The van der Waals surface area contributed by atoms with E-state index in [0.29, 0.717) is 18.7 Å². The van der Waals surface area contributed by atoms with Crippen LogP contribution >= 0.6 is 0 Å². The second-order valence-corrected chi connectivity index (χ2v) is 8.75. The third-order valence-corrected chi connectivity index (χ3v) is 5.51. The SMILES string of the molecule is CC(C)(C)c1ccc(CN2CC[C@H](O)[C@@H](n3ccnc3)CC2)c(OCC(=O)O)c1. The number of nitrogens with zero attached hydrogens (tertiary/aromatic N) is 3. The molecule has 1 aromatic heterocycles. The van der Waals surface area contributed by atoms with Crippen molar-refractivity contribution >= 4 is 5.97 Å². The largest absolute Gasteiger partial charge is 0.482 e. The molecule has 1 fully saturated rings. The van der Waals surface area contributed by atoms with E-state index in [-0.39, 0.29) is 18.1 Å². The van der Waals surface area contributed by atoms with Crippen LogP contribution in [-0.4, -0.2) is 56.4 Å². The van der Waals surface area contributed by atoms with Gasteiger partial charge in [0.25, 0.3) is 0 Å². The average molecular weight is 402 g/mol. The zero-order valence-electron chi connectivity index (χ0n) is 17.4. The highest BCUT2D eigenvalue weighted by molar-refractivity contribution is 5.68. The number of likely N-dealkylation sites (tertiary alicyclic amines) is 1. The molecule has 1 aliphatic heterocycles. The number of carboxylic acid groups (broad SMARTS) is 1. The van der Waals surface area contributed by atoms with Crippen LogP contribution in [0.15, 0.2) is 36.9 Å². The molecule has 0 radical (unpaired) electrons. The second kappa shape index (κ2) is 8.97. The second-order valence-electron chi connectivity index (χ2n) is 8.75. The van der Waals surface area contributed by atoms with Gasteiger partial charge >= 0.3 is 5.97 Å². The maximum Gasteiger partial charge on any atom is 0.341 e. The molecule has 0 saturated carbocycles. The fourth-order valence-corrected chi connectivity index (χ4v) is 3.76. The molecule has 0 amide bonds. The van der Waals surface area contributed by atoms with Gasteiger partial charge < -0.3 is 19.5 Å². The number of rotatable bonds is 6. The van der Waals surface area contributed by atoms with E-state index in [1.165, 1.54) is 0 Å². The van der Waals surface area contributed by atoms with Gasteiger partial charge in [0.05, 0.1) is 18.5 Å². The summed E-state index contributed by atoms with van der Waals surface area (Å²) < 4.78 is 7.60. The summed E-state index contributed by atoms with van der Waals surface area (Å²) in [6, 6.07) is 6.10. The number of hydrogen-bond acceptors (Lipinski definition) is 5. The van der Waals surface area contributed by atoms with Gasteiger partial charge in [-0.3, -0.25) is 4.90 Å². The van der Waals surface area contributed by atoms with Crippen molar-refractivity contribution in [3.63, 3.8) is 0 Å². The number of ether oxygens (including phenoxy) is 1. The summed E-state index contributed by atoms with van der Waals surface area (Å²) in [5.41, 5.74) is 2.02. The lowest BCUT2D eigenvalue weighted by molar-refractivity contribution is -0.139. The van der Waals surface area contributed by atoms with Gasteiger partial charge in [-0.2, -0.15) is 0 Å². The Kier molecular flexibility index (Phi) is 6.59. The highest BCUT2D eigenvalue weighted by Gasteiger charge is 2.26. The summed E-state index contributed by atoms with van der Waals surface area (Å²) in [7, 11) is 0. The molecule has 1 saturated heterocycles. The molecule has 0 aliphatic carbocycles. The van der Waals surface area contributed by atoms with Crippen molar-refractivity contribution in [2.24, 2.45) is 0 Å². The molecule has 7 heteroatoms. The van der Waals surface area contributed by atoms with Crippen LogP contribution in [0.5, 0.6) is 5.75 Å². The van der Waals surface area contributed by atoms with Gasteiger partial charge in [-0.25, -0.2) is 9.78 Å². The number of aliphatic hydroxyl groups is 1. The van der Waals surface area contributed by atoms with Gasteiger partial charge in [0.1, 0.15) is 5.75 Å². The summed E-state index contributed by atoms with van der Waals surface area (Å²) in [5, 5.41) is 19.6. The summed E-state index contributed by atoms with van der Waals surface area (Å²) in [6.07, 6.45) is 6.47. The Morgan fingerprint density at radius 3 is 2.69 bits per heavy atom. The molecule has 0 bridgehead atoms. The molecule has 0 unspecified atom stereocenters. The minimum Gasteiger partial charge on any atom is -0.482 e. The van der Waals surface area contributed by atoms with Crippen LogP contribution < -0.4 is 4.74 Å². The summed E-state index contributed by atoms with van der Waals surface area (Å²) >= 11 is 0. The van der Waals surface area contributed by atoms with Crippen molar-refractivity contribution < 1.29 is 19.7 Å². The standard InChI is InChI=1S/C22H31N3O4/c1-22(2,3)17-5-4-16(20(12-17)29-14-21(27)28)13-24-9-6-18(19(26)7-10-24)25-11-8-23-15-25/h4-5,8,11-12,15,18-19,26H,6-7,9-10,13-14H2,1-3H3,(H,27,28)/t18-,19-/m0/s1. The molecule has 1 aliphatic rings. The fraction of sp³-hybridized carbons (Fsp3) is 0.545. The van der Waals surface area contributed by atoms with Crippen LogP contribution in [0.3, 0.4) is 0 Å². The number of aromatic nitrogens is 2. The van der Waals surface area contributed by atoms with E-state index in [1.54, 1.807) is 12.5 Å². The van der Waals surface area contributed by atoms with Crippen molar-refractivity contribution in [1.29, 1.82) is 0 Å². The number of carboxylic acids is 1. The van der Waals surface area contributed by atoms with Gasteiger partial charge in [-0.15, -0.1) is 0 Å². The van der Waals surface area contributed by atoms with Crippen molar-refractivity contribution in [2.45, 2.75) is 57.7 Å². The van der Waals surface area contributed by atoms with Gasteiger partial charge in [-0.1, -0.05) is 32.9 Å². The molecule has 2 atom stereocenters. The summed E-state index contributed by atoms with van der Waals surface area (Å²) in [5.74, 6) is -0.367. The van der Waals surface area contributed by atoms with Crippen LogP contribution in [0.1, 0.15) is 50.8 Å². The van der Waals surface area contributed by atoms with Crippen LogP contribution in [0.25, 0.3) is 0 Å². The smallest absolute Gasteiger partial charge is 0.341 e. The maximum absolute atomic E-state index is 11.0. The zero-order valence-corrected chi connectivity index (χ0v) is 17.4. The third-order valence-electron chi connectivity index (χ3n) is 5.51. The van der Waals surface area contributed by atoms with Crippen LogP contribution in [-0.2, 0) is 16.8 Å². The summed E-state index contributed by atoms with van der Waals surface area (Å²) in [4.78, 5) is 17.4. The lowest BCUT2D eigenvalue weighted by Crippen LogP contribution is -2.25. The molecular formula is C22H31N3O4. The van der Waals surface area contributed by atoms with E-state index in [2.05, 4.69) is 36.7 Å². The van der Waals surface area contributed by atoms with Crippen molar-refractivity contribution in [3.05, 3.63) is 48.0 Å². The van der Waals surface area contributed by atoms with E-state index in [0.717, 1.165) is 30.6 Å². The Morgan fingerprint density at radius 1 is 1.28 bits per heavy atom. The number of aliphatic hydroxyl groups excluding tert-OH is 1. The Labute approximate surface area is 171 Å². The lowest BCUT2D eigenvalue weighted by atomic mass is 9.86.